The van der Waals surface area contributed by atoms with Crippen molar-refractivity contribution in [1.29, 1.82) is 0 Å². The van der Waals surface area contributed by atoms with Crippen molar-refractivity contribution in [2.24, 2.45) is 0 Å². The first-order valence-corrected chi connectivity index (χ1v) is 5.38. The topological polar surface area (TPSA) is 20.2 Å². The molecule has 0 amide bonds. The predicted molar refractivity (Wildman–Crippen MR) is 62.2 cm³/mol. The summed E-state index contributed by atoms with van der Waals surface area (Å²) in [4.78, 5) is 0. The average Bonchev–Trinajstić information content (AvgIpc) is 2.14. The van der Waals surface area contributed by atoms with Gasteiger partial charge in [0.2, 0.25) is 0 Å². The van der Waals surface area contributed by atoms with Crippen LogP contribution in [-0.4, -0.2) is 5.11 Å². The van der Waals surface area contributed by atoms with E-state index in [1.54, 1.807) is 18.2 Å². The van der Waals surface area contributed by atoms with Gasteiger partial charge in [-0.15, -0.1) is 12.3 Å². The summed E-state index contributed by atoms with van der Waals surface area (Å²) in [5.41, 5.74) is 0.824. The zero-order chi connectivity index (χ0) is 10.6. The third-order valence-electron chi connectivity index (χ3n) is 1.88. The van der Waals surface area contributed by atoms with Gasteiger partial charge in [0.1, 0.15) is 0 Å². The molecule has 1 atom stereocenters. The molecular weight excluding hydrogens is 263 g/mol. The van der Waals surface area contributed by atoms with Crippen LogP contribution in [-0.2, 0) is 0 Å². The Morgan fingerprint density at radius 2 is 2.29 bits per heavy atom. The molecule has 0 aliphatic carbocycles. The van der Waals surface area contributed by atoms with E-state index >= 15 is 0 Å². The van der Waals surface area contributed by atoms with Crippen LogP contribution in [0.3, 0.4) is 0 Å². The minimum atomic E-state index is -0.530. The van der Waals surface area contributed by atoms with E-state index in [9.17, 15) is 5.11 Å². The zero-order valence-corrected chi connectivity index (χ0v) is 9.85. The quantitative estimate of drug-likeness (QED) is 0.835. The van der Waals surface area contributed by atoms with E-state index < -0.39 is 6.10 Å². The van der Waals surface area contributed by atoms with Gasteiger partial charge >= 0.3 is 0 Å². The average molecular weight is 274 g/mol. The lowest BCUT2D eigenvalue weighted by molar-refractivity contribution is 0.168. The van der Waals surface area contributed by atoms with Crippen LogP contribution in [0.15, 0.2) is 22.7 Å². The Balaban J connectivity index is 2.80. The molecule has 3 heteroatoms. The molecule has 0 heterocycles. The van der Waals surface area contributed by atoms with E-state index in [0.29, 0.717) is 17.9 Å². The van der Waals surface area contributed by atoms with E-state index in [2.05, 4.69) is 21.9 Å². The van der Waals surface area contributed by atoms with Crippen LogP contribution in [0.5, 0.6) is 0 Å². The number of rotatable bonds is 3. The Kier molecular flexibility index (Phi) is 4.47. The second kappa shape index (κ2) is 5.41. The highest BCUT2D eigenvalue weighted by atomic mass is 79.9. The molecule has 14 heavy (non-hydrogen) atoms. The molecule has 1 unspecified atom stereocenters. The van der Waals surface area contributed by atoms with Gasteiger partial charge in [-0.25, -0.2) is 0 Å². The molecule has 1 nitrogen and oxygen atoms in total. The SMILES string of the molecule is C#CCCC(O)c1ccc(Cl)cc1Br. The summed E-state index contributed by atoms with van der Waals surface area (Å²) < 4.78 is 0.814. The summed E-state index contributed by atoms with van der Waals surface area (Å²) >= 11 is 9.13. The molecule has 1 N–H and O–H groups in total. The highest BCUT2D eigenvalue weighted by molar-refractivity contribution is 9.10. The molecule has 1 aromatic carbocycles. The maximum Gasteiger partial charge on any atom is 0.0810 e. The molecule has 0 bridgehead atoms. The van der Waals surface area contributed by atoms with Crippen molar-refractivity contribution >= 4 is 27.5 Å². The van der Waals surface area contributed by atoms with Gasteiger partial charge in [-0.3, -0.25) is 0 Å². The standard InChI is InChI=1S/C11H10BrClO/c1-2-3-4-11(14)9-6-5-8(13)7-10(9)12/h1,5-7,11,14H,3-4H2. The zero-order valence-electron chi connectivity index (χ0n) is 7.50. The van der Waals surface area contributed by atoms with Gasteiger partial charge in [0.05, 0.1) is 6.10 Å². The van der Waals surface area contributed by atoms with Crippen LogP contribution in [0.4, 0.5) is 0 Å². The number of aliphatic hydroxyl groups excluding tert-OH is 1. The molecule has 0 aliphatic rings. The molecule has 1 aromatic rings. The third kappa shape index (κ3) is 3.02. The minimum absolute atomic E-state index is 0.530. The number of benzene rings is 1. The normalized spacial score (nSPS) is 12.1. The van der Waals surface area contributed by atoms with Gasteiger partial charge in [0, 0.05) is 15.9 Å². The highest BCUT2D eigenvalue weighted by Gasteiger charge is 2.10. The molecule has 74 valence electrons. The maximum absolute atomic E-state index is 9.75. The first-order chi connectivity index (χ1) is 6.65. The van der Waals surface area contributed by atoms with Gasteiger partial charge < -0.3 is 5.11 Å². The number of terminal acetylenes is 1. The number of aliphatic hydroxyl groups is 1. The molecule has 0 fully saturated rings. The van der Waals surface area contributed by atoms with E-state index in [-0.39, 0.29) is 0 Å². The Hall–Kier alpha value is -0.490. The highest BCUT2D eigenvalue weighted by Crippen LogP contribution is 2.28. The largest absolute Gasteiger partial charge is 0.388 e. The smallest absolute Gasteiger partial charge is 0.0810 e. The van der Waals surface area contributed by atoms with Gasteiger partial charge in [-0.2, -0.15) is 0 Å². The van der Waals surface area contributed by atoms with E-state index in [4.69, 9.17) is 18.0 Å². The molecule has 0 saturated carbocycles. The van der Waals surface area contributed by atoms with Gasteiger partial charge in [0.15, 0.2) is 0 Å². The lowest BCUT2D eigenvalue weighted by Gasteiger charge is -2.11. The van der Waals surface area contributed by atoms with E-state index in [0.717, 1.165) is 10.0 Å². The number of hydrogen-bond acceptors (Lipinski definition) is 1. The first-order valence-electron chi connectivity index (χ1n) is 4.21. The van der Waals surface area contributed by atoms with Crippen molar-refractivity contribution in [1.82, 2.24) is 0 Å². The number of hydrogen-bond donors (Lipinski definition) is 1. The molecule has 0 aliphatic heterocycles. The fraction of sp³-hybridized carbons (Fsp3) is 0.273. The summed E-state index contributed by atoms with van der Waals surface area (Å²) in [7, 11) is 0. The lowest BCUT2D eigenvalue weighted by atomic mass is 10.1. The van der Waals surface area contributed by atoms with Gasteiger partial charge in [-0.1, -0.05) is 33.6 Å². The minimum Gasteiger partial charge on any atom is -0.388 e. The fourth-order valence-electron chi connectivity index (χ4n) is 1.15. The first kappa shape index (κ1) is 11.6. The molecule has 0 aromatic heterocycles. The summed E-state index contributed by atoms with van der Waals surface area (Å²) in [6.07, 6.45) is 5.73. The summed E-state index contributed by atoms with van der Waals surface area (Å²) in [6.45, 7) is 0. The Morgan fingerprint density at radius 1 is 1.57 bits per heavy atom. The Bertz CT molecular complexity index is 357. The van der Waals surface area contributed by atoms with Crippen LogP contribution in [0.1, 0.15) is 24.5 Å². The van der Waals surface area contributed by atoms with Crippen LogP contribution in [0, 0.1) is 12.3 Å². The van der Waals surface area contributed by atoms with Gasteiger partial charge in [-0.05, 0) is 24.1 Å². The van der Waals surface area contributed by atoms with Crippen molar-refractivity contribution in [2.75, 3.05) is 0 Å². The third-order valence-corrected chi connectivity index (χ3v) is 2.81. The summed E-state index contributed by atoms with van der Waals surface area (Å²) in [6, 6.07) is 5.31. The van der Waals surface area contributed by atoms with Crippen molar-refractivity contribution in [3.05, 3.63) is 33.3 Å². The van der Waals surface area contributed by atoms with Crippen LogP contribution in [0.2, 0.25) is 5.02 Å². The van der Waals surface area contributed by atoms with Crippen LogP contribution in [0.25, 0.3) is 0 Å². The second-order valence-electron chi connectivity index (χ2n) is 2.92. The molecule has 1 rings (SSSR count). The lowest BCUT2D eigenvalue weighted by Crippen LogP contribution is -1.97. The Labute approximate surface area is 97.2 Å². The number of halogens is 2. The maximum atomic E-state index is 9.75. The summed E-state index contributed by atoms with van der Waals surface area (Å²) in [5, 5.41) is 10.4. The predicted octanol–water partition coefficient (Wildman–Crippen LogP) is 3.55. The van der Waals surface area contributed by atoms with Gasteiger partial charge in [0.25, 0.3) is 0 Å². The fourth-order valence-corrected chi connectivity index (χ4v) is 2.09. The van der Waals surface area contributed by atoms with Crippen molar-refractivity contribution < 1.29 is 5.11 Å². The Morgan fingerprint density at radius 3 is 2.86 bits per heavy atom. The monoisotopic (exact) mass is 272 g/mol. The van der Waals surface area contributed by atoms with Crippen LogP contribution < -0.4 is 0 Å². The molecule has 0 spiro atoms. The van der Waals surface area contributed by atoms with Crippen molar-refractivity contribution in [2.45, 2.75) is 18.9 Å². The van der Waals surface area contributed by atoms with E-state index in [1.807, 2.05) is 0 Å². The molecular formula is C11H10BrClO. The van der Waals surface area contributed by atoms with E-state index in [1.165, 1.54) is 0 Å². The van der Waals surface area contributed by atoms with Crippen molar-refractivity contribution in [3.63, 3.8) is 0 Å². The molecule has 0 saturated heterocycles. The van der Waals surface area contributed by atoms with Crippen molar-refractivity contribution in [3.8, 4) is 12.3 Å². The molecule has 0 radical (unpaired) electrons. The van der Waals surface area contributed by atoms with Crippen LogP contribution >= 0.6 is 27.5 Å². The summed E-state index contributed by atoms with van der Waals surface area (Å²) in [5.74, 6) is 2.50. The second-order valence-corrected chi connectivity index (χ2v) is 4.22.